The second kappa shape index (κ2) is 5.33. The van der Waals surface area contributed by atoms with Gasteiger partial charge in [-0.2, -0.15) is 0 Å². The minimum Gasteiger partial charge on any atom is -0.435 e. The van der Waals surface area contributed by atoms with Gasteiger partial charge in [-0.05, 0) is 18.1 Å². The molecule has 1 aliphatic carbocycles. The Labute approximate surface area is 123 Å². The fourth-order valence-electron chi connectivity index (χ4n) is 2.77. The quantitative estimate of drug-likeness (QED) is 0.904. The highest BCUT2D eigenvalue weighted by atomic mass is 16.4. The molecule has 21 heavy (non-hydrogen) atoms. The van der Waals surface area contributed by atoms with Crippen molar-refractivity contribution >= 4 is 5.91 Å². The first-order chi connectivity index (χ1) is 10.1. The summed E-state index contributed by atoms with van der Waals surface area (Å²) in [5.41, 5.74) is 2.61. The third-order valence-corrected chi connectivity index (χ3v) is 3.84. The molecule has 2 atom stereocenters. The van der Waals surface area contributed by atoms with Crippen LogP contribution in [0.4, 0.5) is 0 Å². The van der Waals surface area contributed by atoms with Crippen LogP contribution in [-0.4, -0.2) is 22.1 Å². The van der Waals surface area contributed by atoms with E-state index in [2.05, 4.69) is 10.3 Å². The highest BCUT2D eigenvalue weighted by Crippen LogP contribution is 2.31. The van der Waals surface area contributed by atoms with Crippen LogP contribution in [0.25, 0.3) is 0 Å². The van der Waals surface area contributed by atoms with Crippen LogP contribution < -0.4 is 5.32 Å². The maximum Gasteiger partial charge on any atom is 0.289 e. The number of rotatable bonds is 3. The fraction of sp³-hybridized carbons (Fsp3) is 0.375. The number of aliphatic hydroxyl groups excluding tert-OH is 1. The Balaban J connectivity index is 1.83. The van der Waals surface area contributed by atoms with Crippen molar-refractivity contribution in [2.75, 3.05) is 0 Å². The lowest BCUT2D eigenvalue weighted by Gasteiger charge is -2.17. The molecule has 0 saturated heterocycles. The Bertz CT molecular complexity index is 678. The first-order valence-electron chi connectivity index (χ1n) is 7.13. The molecule has 0 bridgehead atoms. The minimum atomic E-state index is -0.611. The van der Waals surface area contributed by atoms with Crippen molar-refractivity contribution in [2.45, 2.75) is 38.8 Å². The van der Waals surface area contributed by atoms with Crippen molar-refractivity contribution in [2.24, 2.45) is 0 Å². The number of benzene rings is 1. The van der Waals surface area contributed by atoms with Crippen molar-refractivity contribution in [1.29, 1.82) is 0 Å². The summed E-state index contributed by atoms with van der Waals surface area (Å²) in [5.74, 6) is 0.439. The van der Waals surface area contributed by atoms with E-state index in [1.807, 2.05) is 31.2 Å². The van der Waals surface area contributed by atoms with Gasteiger partial charge in [0.1, 0.15) is 0 Å². The van der Waals surface area contributed by atoms with Gasteiger partial charge in [-0.15, -0.1) is 0 Å². The molecule has 1 aromatic carbocycles. The number of aromatic nitrogens is 1. The van der Waals surface area contributed by atoms with E-state index in [4.69, 9.17) is 4.42 Å². The molecule has 5 heteroatoms. The number of oxazole rings is 1. The SMILES string of the molecule is CCc1nc(C)c(C(=O)N[C@@H]2c3ccccc3C[C@@H]2O)o1. The number of carbonyl (C=O) groups excluding carboxylic acids is 1. The van der Waals surface area contributed by atoms with E-state index in [0.29, 0.717) is 24.4 Å². The van der Waals surface area contributed by atoms with Crippen LogP contribution in [0.5, 0.6) is 0 Å². The molecule has 3 rings (SSSR count). The lowest BCUT2D eigenvalue weighted by molar-refractivity contribution is 0.0829. The number of carbonyl (C=O) groups is 1. The zero-order valence-corrected chi connectivity index (χ0v) is 12.1. The fourth-order valence-corrected chi connectivity index (χ4v) is 2.77. The summed E-state index contributed by atoms with van der Waals surface area (Å²) in [6.07, 6.45) is 0.583. The van der Waals surface area contributed by atoms with Gasteiger partial charge in [0.2, 0.25) is 5.76 Å². The van der Waals surface area contributed by atoms with Crippen molar-refractivity contribution in [1.82, 2.24) is 10.3 Å². The molecule has 1 heterocycles. The van der Waals surface area contributed by atoms with Crippen molar-refractivity contribution in [3.05, 3.63) is 52.7 Å². The van der Waals surface area contributed by atoms with Gasteiger partial charge >= 0.3 is 0 Å². The van der Waals surface area contributed by atoms with Crippen LogP contribution in [-0.2, 0) is 12.8 Å². The van der Waals surface area contributed by atoms with Crippen molar-refractivity contribution in [3.63, 3.8) is 0 Å². The molecular weight excluding hydrogens is 268 g/mol. The third kappa shape index (κ3) is 2.45. The highest BCUT2D eigenvalue weighted by Gasteiger charge is 2.33. The van der Waals surface area contributed by atoms with Crippen LogP contribution in [0.15, 0.2) is 28.7 Å². The van der Waals surface area contributed by atoms with Gasteiger partial charge in [0.25, 0.3) is 5.91 Å². The number of hydrogen-bond acceptors (Lipinski definition) is 4. The third-order valence-electron chi connectivity index (χ3n) is 3.84. The molecule has 5 nitrogen and oxygen atoms in total. The average Bonchev–Trinajstić information content (AvgIpc) is 3.00. The molecule has 2 aromatic rings. The Kier molecular flexibility index (Phi) is 3.51. The number of nitrogens with zero attached hydrogens (tertiary/aromatic N) is 1. The van der Waals surface area contributed by atoms with Gasteiger partial charge < -0.3 is 14.8 Å². The lowest BCUT2D eigenvalue weighted by atomic mass is 10.1. The van der Waals surface area contributed by atoms with E-state index < -0.39 is 12.1 Å². The Hall–Kier alpha value is -2.14. The standard InChI is InChI=1S/C16H18N2O3/c1-3-13-17-9(2)15(21-13)16(20)18-14-11-7-5-4-6-10(11)8-12(14)19/h4-7,12,14,19H,3,8H2,1-2H3,(H,18,20)/t12-,14+/m0/s1. The molecule has 0 radical (unpaired) electrons. The number of fused-ring (bicyclic) bond motifs is 1. The van der Waals surface area contributed by atoms with E-state index >= 15 is 0 Å². The molecule has 1 aromatic heterocycles. The molecule has 1 aliphatic rings. The zero-order chi connectivity index (χ0) is 15.0. The van der Waals surface area contributed by atoms with Crippen LogP contribution >= 0.6 is 0 Å². The Morgan fingerprint density at radius 1 is 1.48 bits per heavy atom. The number of nitrogens with one attached hydrogen (secondary N) is 1. The van der Waals surface area contributed by atoms with Crippen LogP contribution in [0.3, 0.4) is 0 Å². The van der Waals surface area contributed by atoms with Crippen molar-refractivity contribution in [3.8, 4) is 0 Å². The molecule has 0 saturated carbocycles. The summed E-state index contributed by atoms with van der Waals surface area (Å²) in [6, 6.07) is 7.35. The number of aliphatic hydroxyl groups is 1. The maximum absolute atomic E-state index is 12.4. The van der Waals surface area contributed by atoms with Gasteiger partial charge in [0, 0.05) is 12.8 Å². The molecule has 0 aliphatic heterocycles. The molecule has 0 unspecified atom stereocenters. The first kappa shape index (κ1) is 13.8. The molecule has 1 amide bonds. The van der Waals surface area contributed by atoms with Gasteiger partial charge in [-0.25, -0.2) is 4.98 Å². The van der Waals surface area contributed by atoms with Crippen LogP contribution in [0.2, 0.25) is 0 Å². The molecular formula is C16H18N2O3. The Morgan fingerprint density at radius 2 is 2.24 bits per heavy atom. The normalized spacial score (nSPS) is 20.3. The topological polar surface area (TPSA) is 75.4 Å². The summed E-state index contributed by atoms with van der Waals surface area (Å²) in [6.45, 7) is 3.67. The predicted octanol–water partition coefficient (Wildman–Crippen LogP) is 1.93. The number of amides is 1. The van der Waals surface area contributed by atoms with Crippen LogP contribution in [0, 0.1) is 6.92 Å². The highest BCUT2D eigenvalue weighted by molar-refractivity contribution is 5.92. The lowest BCUT2D eigenvalue weighted by Crippen LogP contribution is -2.34. The van der Waals surface area contributed by atoms with Gasteiger partial charge in [-0.3, -0.25) is 4.79 Å². The smallest absolute Gasteiger partial charge is 0.289 e. The second-order valence-corrected chi connectivity index (χ2v) is 5.30. The van der Waals surface area contributed by atoms with Crippen LogP contribution in [0.1, 0.15) is 46.2 Å². The summed E-state index contributed by atoms with van der Waals surface area (Å²) in [7, 11) is 0. The predicted molar refractivity (Wildman–Crippen MR) is 77.0 cm³/mol. The first-order valence-corrected chi connectivity index (χ1v) is 7.13. The summed E-state index contributed by atoms with van der Waals surface area (Å²) < 4.78 is 5.45. The Morgan fingerprint density at radius 3 is 2.95 bits per heavy atom. The molecule has 2 N–H and O–H groups in total. The number of aryl methyl sites for hydroxylation is 2. The molecule has 0 spiro atoms. The zero-order valence-electron chi connectivity index (χ0n) is 12.1. The summed E-state index contributed by atoms with van der Waals surface area (Å²) in [5, 5.41) is 13.0. The summed E-state index contributed by atoms with van der Waals surface area (Å²) >= 11 is 0. The van der Waals surface area contributed by atoms with E-state index in [9.17, 15) is 9.90 Å². The van der Waals surface area contributed by atoms with E-state index in [1.54, 1.807) is 6.92 Å². The number of hydrogen-bond donors (Lipinski definition) is 2. The second-order valence-electron chi connectivity index (χ2n) is 5.30. The van der Waals surface area contributed by atoms with Gasteiger partial charge in [0.05, 0.1) is 17.8 Å². The van der Waals surface area contributed by atoms with E-state index in [0.717, 1.165) is 11.1 Å². The van der Waals surface area contributed by atoms with Gasteiger partial charge in [-0.1, -0.05) is 31.2 Å². The molecule has 0 fully saturated rings. The maximum atomic E-state index is 12.4. The monoisotopic (exact) mass is 286 g/mol. The average molecular weight is 286 g/mol. The summed E-state index contributed by atoms with van der Waals surface area (Å²) in [4.78, 5) is 16.5. The van der Waals surface area contributed by atoms with E-state index in [-0.39, 0.29) is 11.7 Å². The van der Waals surface area contributed by atoms with E-state index in [1.165, 1.54) is 0 Å². The van der Waals surface area contributed by atoms with Gasteiger partial charge in [0.15, 0.2) is 5.89 Å². The molecule has 110 valence electrons. The minimum absolute atomic E-state index is 0.225. The largest absolute Gasteiger partial charge is 0.435 e. The van der Waals surface area contributed by atoms with Crippen molar-refractivity contribution < 1.29 is 14.3 Å².